The Bertz CT molecular complexity index is 1890. The molecule has 0 saturated carbocycles. The van der Waals surface area contributed by atoms with E-state index < -0.39 is 21.4 Å². The molecule has 0 aliphatic heterocycles. The summed E-state index contributed by atoms with van der Waals surface area (Å²) in [4.78, 5) is 0. The Morgan fingerprint density at radius 1 is 0.420 bits per heavy atom. The third-order valence-corrected chi connectivity index (χ3v) is 11.0. The Labute approximate surface area is 293 Å². The van der Waals surface area contributed by atoms with E-state index in [9.17, 15) is 4.57 Å². The standard InChI is InChI=1S/C40H38O8P2/c1-40(2,32-24-28-38(29-25-32)45-49(41,43-34-16-8-4-9-17-34)44-35-18-10-5-11-19-35)33-26-30-39(31-27-33)48-50(42-3,46-36-20-12-6-13-21-36)47-37-22-14-7-15-23-37/h4-31,50H,1-3H3. The minimum absolute atomic E-state index is 0.334. The van der Waals surface area contributed by atoms with E-state index in [4.69, 9.17) is 31.7 Å². The molecule has 8 nitrogen and oxygen atoms in total. The summed E-state index contributed by atoms with van der Waals surface area (Å²) < 4.78 is 56.1. The molecule has 6 aromatic rings. The fourth-order valence-electron chi connectivity index (χ4n) is 5.04. The van der Waals surface area contributed by atoms with Gasteiger partial charge in [0.25, 0.3) is 0 Å². The average molecular weight is 709 g/mol. The van der Waals surface area contributed by atoms with E-state index in [1.54, 1.807) is 60.7 Å². The van der Waals surface area contributed by atoms with Crippen LogP contribution in [-0.2, 0) is 14.5 Å². The summed E-state index contributed by atoms with van der Waals surface area (Å²) in [5.41, 5.74) is 1.61. The molecule has 0 bridgehead atoms. The third-order valence-electron chi connectivity index (χ3n) is 7.76. The molecule has 0 aliphatic carbocycles. The Morgan fingerprint density at radius 3 is 1.04 bits per heavy atom. The van der Waals surface area contributed by atoms with E-state index in [2.05, 4.69) is 13.8 Å². The first kappa shape index (κ1) is 34.6. The predicted molar refractivity (Wildman–Crippen MR) is 197 cm³/mol. The number of hydrogen-bond donors (Lipinski definition) is 0. The van der Waals surface area contributed by atoms with Crippen molar-refractivity contribution >= 4 is 16.0 Å². The second-order valence-electron chi connectivity index (χ2n) is 11.7. The second-order valence-corrected chi connectivity index (χ2v) is 15.1. The van der Waals surface area contributed by atoms with Crippen molar-refractivity contribution in [3.8, 4) is 34.5 Å². The summed E-state index contributed by atoms with van der Waals surface area (Å²) in [6.07, 6.45) is 0. The summed E-state index contributed by atoms with van der Waals surface area (Å²) in [6, 6.07) is 51.3. The Balaban J connectivity index is 1.19. The summed E-state index contributed by atoms with van der Waals surface area (Å²) in [5, 5.41) is 0. The molecule has 0 spiro atoms. The first-order valence-corrected chi connectivity index (χ1v) is 19.1. The number of phosphoric acid groups is 1. The molecular formula is C40H38O8P2. The molecule has 256 valence electrons. The molecule has 0 saturated heterocycles. The van der Waals surface area contributed by atoms with E-state index in [0.717, 1.165) is 11.1 Å². The van der Waals surface area contributed by atoms with Crippen LogP contribution in [0.15, 0.2) is 170 Å². The number of hydrogen-bond acceptors (Lipinski definition) is 8. The zero-order chi connectivity index (χ0) is 34.9. The second kappa shape index (κ2) is 15.5. The molecule has 0 fully saturated rings. The van der Waals surface area contributed by atoms with Crippen molar-refractivity contribution < 1.29 is 36.2 Å². The predicted octanol–water partition coefficient (Wildman–Crippen LogP) is 11.3. The maximum atomic E-state index is 13.9. The van der Waals surface area contributed by atoms with Crippen molar-refractivity contribution in [3.63, 3.8) is 0 Å². The fraction of sp³-hybridized carbons (Fsp3) is 0.100. The van der Waals surface area contributed by atoms with Gasteiger partial charge in [-0.25, -0.2) is 0 Å². The molecule has 0 aliphatic rings. The van der Waals surface area contributed by atoms with Gasteiger partial charge in [-0.1, -0.05) is 36.4 Å². The van der Waals surface area contributed by atoms with Gasteiger partial charge in [-0.05, 0) is 24.3 Å². The van der Waals surface area contributed by atoms with Crippen LogP contribution in [0.25, 0.3) is 0 Å². The number of para-hydroxylation sites is 4. The molecule has 0 atom stereocenters. The molecule has 0 unspecified atom stereocenters. The molecule has 0 heterocycles. The molecule has 0 amide bonds. The van der Waals surface area contributed by atoms with Crippen molar-refractivity contribution in [2.24, 2.45) is 0 Å². The van der Waals surface area contributed by atoms with E-state index >= 15 is 0 Å². The molecular weight excluding hydrogens is 670 g/mol. The number of phosphoric ester groups is 1. The molecule has 10 heteroatoms. The van der Waals surface area contributed by atoms with E-state index in [1.807, 2.05) is 109 Å². The van der Waals surface area contributed by atoms with E-state index in [1.165, 1.54) is 7.11 Å². The average Bonchev–Trinajstić information content (AvgIpc) is 3.13. The molecule has 6 aromatic carbocycles. The van der Waals surface area contributed by atoms with Crippen LogP contribution in [0.4, 0.5) is 0 Å². The van der Waals surface area contributed by atoms with Crippen LogP contribution in [0, 0.1) is 0 Å². The maximum absolute atomic E-state index is 13.9. The van der Waals surface area contributed by atoms with Crippen LogP contribution in [0.2, 0.25) is 0 Å². The van der Waals surface area contributed by atoms with Gasteiger partial charge in [-0.2, -0.15) is 4.57 Å². The van der Waals surface area contributed by atoms with Crippen LogP contribution in [0.5, 0.6) is 34.5 Å². The quantitative estimate of drug-likeness (QED) is 0.0975. The van der Waals surface area contributed by atoms with Gasteiger partial charge in [0.2, 0.25) is 0 Å². The Morgan fingerprint density at radius 2 is 0.700 bits per heavy atom. The van der Waals surface area contributed by atoms with Crippen molar-refractivity contribution in [1.82, 2.24) is 0 Å². The molecule has 0 radical (unpaired) electrons. The molecule has 0 aromatic heterocycles. The van der Waals surface area contributed by atoms with Crippen LogP contribution < -0.4 is 27.1 Å². The van der Waals surface area contributed by atoms with Crippen LogP contribution in [0.1, 0.15) is 25.0 Å². The first-order chi connectivity index (χ1) is 24.2. The van der Waals surface area contributed by atoms with Crippen LogP contribution >= 0.6 is 16.0 Å². The van der Waals surface area contributed by atoms with Gasteiger partial charge in [0, 0.05) is 0 Å². The summed E-state index contributed by atoms with van der Waals surface area (Å²) in [6.45, 7) is 4.23. The van der Waals surface area contributed by atoms with E-state index in [0.29, 0.717) is 34.5 Å². The summed E-state index contributed by atoms with van der Waals surface area (Å²) in [5.74, 6) is 2.72. The third kappa shape index (κ3) is 8.85. The van der Waals surface area contributed by atoms with E-state index in [-0.39, 0.29) is 0 Å². The SMILES string of the molecule is CO[PH](Oc1ccccc1)(Oc1ccccc1)Oc1ccc(C(C)(C)c2ccc(OP(=O)(Oc3ccccc3)Oc3ccccc3)cc2)cc1. The molecule has 50 heavy (non-hydrogen) atoms. The molecule has 6 rings (SSSR count). The number of rotatable bonds is 15. The topological polar surface area (TPSA) is 81.7 Å². The van der Waals surface area contributed by atoms with Crippen LogP contribution in [-0.4, -0.2) is 7.11 Å². The van der Waals surface area contributed by atoms with Gasteiger partial charge in [-0.3, -0.25) is 0 Å². The van der Waals surface area contributed by atoms with Crippen LogP contribution in [0.3, 0.4) is 0 Å². The summed E-state index contributed by atoms with van der Waals surface area (Å²) >= 11 is 0. The zero-order valence-corrected chi connectivity index (χ0v) is 29.8. The minimum atomic E-state index is -4.11. The van der Waals surface area contributed by atoms with Gasteiger partial charge in [0.05, 0.1) is 0 Å². The Kier molecular flexibility index (Phi) is 10.7. The first-order valence-electron chi connectivity index (χ1n) is 16.0. The monoisotopic (exact) mass is 708 g/mol. The van der Waals surface area contributed by atoms with Crippen molar-refractivity contribution in [2.45, 2.75) is 19.3 Å². The molecule has 0 N–H and O–H groups in total. The van der Waals surface area contributed by atoms with Gasteiger partial charge in [0.1, 0.15) is 11.5 Å². The van der Waals surface area contributed by atoms with Gasteiger partial charge in [-0.15, -0.1) is 0 Å². The van der Waals surface area contributed by atoms with Crippen molar-refractivity contribution in [2.75, 3.05) is 7.11 Å². The van der Waals surface area contributed by atoms with Crippen molar-refractivity contribution in [1.29, 1.82) is 0 Å². The van der Waals surface area contributed by atoms with Gasteiger partial charge >= 0.3 is 208 Å². The Hall–Kier alpha value is -5.26. The van der Waals surface area contributed by atoms with Gasteiger partial charge in [0.15, 0.2) is 0 Å². The normalized spacial score (nSPS) is 12.0. The fourth-order valence-corrected chi connectivity index (χ4v) is 7.94. The number of benzene rings is 6. The summed E-state index contributed by atoms with van der Waals surface area (Å²) in [7, 11) is -6.35. The van der Waals surface area contributed by atoms with Gasteiger partial charge < -0.3 is 9.05 Å². The van der Waals surface area contributed by atoms with Crippen molar-refractivity contribution in [3.05, 3.63) is 181 Å². The zero-order valence-electron chi connectivity index (χ0n) is 27.9.